The summed E-state index contributed by atoms with van der Waals surface area (Å²) in [5.74, 6) is -8.15. The zero-order valence-electron chi connectivity index (χ0n) is 33.6. The monoisotopic (exact) mass is 872 g/mol. The molecule has 15 heteroatoms. The first-order chi connectivity index (χ1) is 29.8. The van der Waals surface area contributed by atoms with Crippen LogP contribution in [0.15, 0.2) is 131 Å². The van der Waals surface area contributed by atoms with E-state index in [4.69, 9.17) is 27.9 Å². The van der Waals surface area contributed by atoms with Crippen LogP contribution < -0.4 is 20.0 Å². The highest BCUT2D eigenvalue weighted by Crippen LogP contribution is 2.65. The number of imide groups is 2. The lowest BCUT2D eigenvalue weighted by Gasteiger charge is -2.50. The molecule has 4 aliphatic rings. The lowest BCUT2D eigenvalue weighted by Crippen LogP contribution is -2.53. The van der Waals surface area contributed by atoms with Gasteiger partial charge in [0, 0.05) is 36.3 Å². The highest BCUT2D eigenvalue weighted by Gasteiger charge is 2.70. The van der Waals surface area contributed by atoms with Crippen LogP contribution in [0.3, 0.4) is 0 Å². The van der Waals surface area contributed by atoms with Gasteiger partial charge in [0.2, 0.25) is 11.8 Å². The fourth-order valence-corrected chi connectivity index (χ4v) is 10.3. The second-order valence-corrected chi connectivity index (χ2v) is 16.9. The van der Waals surface area contributed by atoms with E-state index in [1.165, 1.54) is 36.3 Å². The number of carbonyl (C=O) groups excluding carboxylic acids is 4. The topological polar surface area (TPSA) is 144 Å². The van der Waals surface area contributed by atoms with E-state index in [9.17, 15) is 19.5 Å². The van der Waals surface area contributed by atoms with Crippen molar-refractivity contribution < 1.29 is 33.4 Å². The molecule has 62 heavy (non-hydrogen) atoms. The van der Waals surface area contributed by atoms with Gasteiger partial charge in [0.15, 0.2) is 11.6 Å². The van der Waals surface area contributed by atoms with Crippen molar-refractivity contribution >= 4 is 75.3 Å². The number of fused-ring (bicyclic) bond motifs is 4. The summed E-state index contributed by atoms with van der Waals surface area (Å²) in [6, 6.07) is 29.5. The van der Waals surface area contributed by atoms with Crippen LogP contribution in [0.1, 0.15) is 29.9 Å². The van der Waals surface area contributed by atoms with E-state index in [1.54, 1.807) is 54.6 Å². The molecule has 4 amide bonds. The number of hydrogen-bond acceptors (Lipinski definition) is 10. The molecule has 0 radical (unpaired) electrons. The molecule has 2 N–H and O–H groups in total. The Hall–Kier alpha value is -6.57. The Bertz CT molecular complexity index is 2710. The number of halogens is 3. The molecular weight excluding hydrogens is 834 g/mol. The summed E-state index contributed by atoms with van der Waals surface area (Å²) >= 11 is 12.7. The zero-order valence-corrected chi connectivity index (χ0v) is 35.1. The fourth-order valence-electron chi connectivity index (χ4n) is 9.81. The molecule has 2 aliphatic carbocycles. The van der Waals surface area contributed by atoms with Gasteiger partial charge in [0.25, 0.3) is 11.8 Å². The number of methoxy groups -OCH3 is 1. The summed E-state index contributed by atoms with van der Waals surface area (Å²) in [4.78, 5) is 62.7. The van der Waals surface area contributed by atoms with Crippen molar-refractivity contribution in [2.24, 2.45) is 33.9 Å². The number of azo groups is 1. The Morgan fingerprint density at radius 2 is 1.52 bits per heavy atom. The Labute approximate surface area is 366 Å². The number of rotatable bonds is 9. The average Bonchev–Trinajstić information content (AvgIpc) is 3.65. The number of nitrogens with zero attached hydrogens (tertiary/aromatic N) is 5. The molecule has 0 spiro atoms. The molecule has 9 rings (SSSR count). The van der Waals surface area contributed by atoms with Crippen molar-refractivity contribution in [2.45, 2.75) is 24.2 Å². The van der Waals surface area contributed by atoms with E-state index in [-0.39, 0.29) is 29.1 Å². The Morgan fingerprint density at radius 3 is 2.16 bits per heavy atom. The standard InChI is InChI=1S/C47H39Cl2FN6O6/c1-54(2)29-14-10-27(11-15-29)51-52-28-12-16-30(17-13-28)55-43(58)33-21-20-32-35(40(33)45(55)60)24-36-44(59)56(53-39-22-9-26(48)23-37(39)49)46(61)47(36,25-7-18-31(62-3)19-8-25)41(32)34-5-4-6-38(50)42(34)57/h4-20,22-23,33,35-36,40-41,53,57H,21,24H2,1-3H3/t33-,35+,36-,40-,41+,47+/m0/s1. The van der Waals surface area contributed by atoms with E-state index >= 15 is 9.18 Å². The number of amides is 4. The lowest BCUT2D eigenvalue weighted by molar-refractivity contribution is -0.138. The molecule has 0 aromatic heterocycles. The molecule has 314 valence electrons. The van der Waals surface area contributed by atoms with Gasteiger partial charge in [0.1, 0.15) is 5.75 Å². The fraction of sp³-hybridized carbons (Fsp3) is 0.234. The van der Waals surface area contributed by atoms with Crippen molar-refractivity contribution in [2.75, 3.05) is 36.4 Å². The first kappa shape index (κ1) is 40.8. The summed E-state index contributed by atoms with van der Waals surface area (Å²) < 4.78 is 21.0. The summed E-state index contributed by atoms with van der Waals surface area (Å²) in [7, 11) is 5.39. The molecule has 0 unspecified atom stereocenters. The summed E-state index contributed by atoms with van der Waals surface area (Å²) in [5, 5.41) is 21.6. The third-order valence-electron chi connectivity index (χ3n) is 12.7. The van der Waals surface area contributed by atoms with Crippen LogP contribution >= 0.6 is 23.2 Å². The van der Waals surface area contributed by atoms with Crippen LogP contribution in [0, 0.1) is 29.5 Å². The number of para-hydroxylation sites is 1. The maximum absolute atomic E-state index is 15.5. The molecule has 12 nitrogen and oxygen atoms in total. The molecule has 0 bridgehead atoms. The molecule has 1 saturated carbocycles. The van der Waals surface area contributed by atoms with Crippen LogP contribution in [-0.2, 0) is 24.6 Å². The number of allylic oxidation sites excluding steroid dienone is 2. The van der Waals surface area contributed by atoms with Gasteiger partial charge >= 0.3 is 0 Å². The van der Waals surface area contributed by atoms with E-state index in [0.29, 0.717) is 39.0 Å². The second kappa shape index (κ2) is 15.7. The molecule has 6 atom stereocenters. The van der Waals surface area contributed by atoms with Gasteiger partial charge in [-0.05, 0) is 109 Å². The van der Waals surface area contributed by atoms with Gasteiger partial charge in [-0.1, -0.05) is 59.1 Å². The van der Waals surface area contributed by atoms with Gasteiger partial charge in [-0.3, -0.25) is 29.5 Å². The van der Waals surface area contributed by atoms with E-state index in [0.717, 1.165) is 16.8 Å². The van der Waals surface area contributed by atoms with Gasteiger partial charge in [-0.15, -0.1) is 0 Å². The smallest absolute Gasteiger partial charge is 0.260 e. The quantitative estimate of drug-likeness (QED) is 0.0847. The molecule has 2 heterocycles. The lowest BCUT2D eigenvalue weighted by atomic mass is 9.49. The van der Waals surface area contributed by atoms with Crippen LogP contribution in [-0.4, -0.2) is 54.9 Å². The van der Waals surface area contributed by atoms with Crippen molar-refractivity contribution in [3.63, 3.8) is 0 Å². The number of hydrogen-bond donors (Lipinski definition) is 2. The van der Waals surface area contributed by atoms with E-state index in [2.05, 4.69) is 15.7 Å². The normalized spacial score (nSPS) is 24.2. The van der Waals surface area contributed by atoms with Crippen molar-refractivity contribution in [1.29, 1.82) is 0 Å². The number of nitrogens with one attached hydrogen (secondary N) is 1. The molecule has 2 saturated heterocycles. The maximum atomic E-state index is 15.5. The van der Waals surface area contributed by atoms with Gasteiger partial charge in [-0.2, -0.15) is 15.2 Å². The Balaban J connectivity index is 1.12. The number of phenols is 1. The van der Waals surface area contributed by atoms with Crippen LogP contribution in [0.2, 0.25) is 10.0 Å². The minimum absolute atomic E-state index is 0.0234. The summed E-state index contributed by atoms with van der Waals surface area (Å²) in [5.41, 5.74) is 4.90. The number of ether oxygens (including phenoxy) is 1. The highest BCUT2D eigenvalue weighted by atomic mass is 35.5. The van der Waals surface area contributed by atoms with Gasteiger partial charge < -0.3 is 14.7 Å². The van der Waals surface area contributed by atoms with Gasteiger partial charge in [-0.25, -0.2) is 4.39 Å². The molecule has 5 aromatic carbocycles. The number of carbonyl (C=O) groups is 4. The van der Waals surface area contributed by atoms with Crippen molar-refractivity contribution in [1.82, 2.24) is 5.01 Å². The molecule has 5 aromatic rings. The largest absolute Gasteiger partial charge is 0.505 e. The number of hydrazine groups is 1. The highest BCUT2D eigenvalue weighted by molar-refractivity contribution is 6.36. The van der Waals surface area contributed by atoms with Crippen LogP contribution in [0.25, 0.3) is 0 Å². The molecular formula is C47H39Cl2FN6O6. The predicted molar refractivity (Wildman–Crippen MR) is 233 cm³/mol. The third-order valence-corrected chi connectivity index (χ3v) is 13.2. The van der Waals surface area contributed by atoms with Crippen molar-refractivity contribution in [3.8, 4) is 11.5 Å². The molecule has 3 fully saturated rings. The summed E-state index contributed by atoms with van der Waals surface area (Å²) in [6.07, 6.45) is 1.93. The van der Waals surface area contributed by atoms with Crippen LogP contribution in [0.5, 0.6) is 11.5 Å². The average molecular weight is 874 g/mol. The minimum atomic E-state index is -1.78. The molecule has 2 aliphatic heterocycles. The van der Waals surface area contributed by atoms with E-state index < -0.39 is 70.2 Å². The number of aromatic hydroxyl groups is 1. The number of benzene rings is 5. The van der Waals surface area contributed by atoms with Crippen molar-refractivity contribution in [3.05, 3.63) is 148 Å². The van der Waals surface area contributed by atoms with Gasteiger partial charge in [0.05, 0.1) is 58.1 Å². The summed E-state index contributed by atoms with van der Waals surface area (Å²) in [6.45, 7) is 0. The Morgan fingerprint density at radius 1 is 0.839 bits per heavy atom. The maximum Gasteiger partial charge on any atom is 0.260 e. The zero-order chi connectivity index (χ0) is 43.6. The minimum Gasteiger partial charge on any atom is -0.505 e. The van der Waals surface area contributed by atoms with Crippen LogP contribution in [0.4, 0.5) is 32.8 Å². The number of phenolic OH excluding ortho intramolecular Hbond substituents is 1. The number of anilines is 3. The first-order valence-electron chi connectivity index (χ1n) is 19.9. The first-order valence-corrected chi connectivity index (χ1v) is 20.7. The SMILES string of the molecule is COc1ccc([C@@]23C(=O)N(Nc4ccc(Cl)cc4Cl)C(=O)[C@@H]2C[C@@H]2C(=CC[C@@H]4C(=O)N(c5ccc(N=Nc6ccc(N(C)C)cc6)cc5)C(=O)[C@@H]42)[C@@H]3c2cccc(F)c2O)cc1. The second-order valence-electron chi connectivity index (χ2n) is 16.0. The predicted octanol–water partition coefficient (Wildman–Crippen LogP) is 9.52. The third kappa shape index (κ3) is 6.49. The Kier molecular flexibility index (Phi) is 10.3. The van der Waals surface area contributed by atoms with E-state index in [1.807, 2.05) is 49.3 Å².